The molecule has 0 aliphatic carbocycles. The van der Waals surface area contributed by atoms with Crippen LogP contribution in [-0.2, 0) is 10.0 Å². The van der Waals surface area contributed by atoms with E-state index in [1.807, 2.05) is 0 Å². The number of nitrogens with zero attached hydrogens (tertiary/aromatic N) is 4. The Balaban J connectivity index is 1.25. The second kappa shape index (κ2) is 11.4. The average molecular weight is 628 g/mol. The van der Waals surface area contributed by atoms with E-state index >= 15 is 0 Å². The fourth-order valence-corrected chi connectivity index (χ4v) is 5.78. The van der Waals surface area contributed by atoms with E-state index in [4.69, 9.17) is 15.2 Å². The highest BCUT2D eigenvalue weighted by Crippen LogP contribution is 2.30. The number of anilines is 2. The van der Waals surface area contributed by atoms with Crippen molar-refractivity contribution in [2.75, 3.05) is 17.6 Å². The number of carbonyl (C=O) groups excluding carboxylic acids is 1. The van der Waals surface area contributed by atoms with Gasteiger partial charge in [-0.3, -0.25) is 9.52 Å². The summed E-state index contributed by atoms with van der Waals surface area (Å²) in [5.41, 5.74) is 9.39. The Morgan fingerprint density at radius 3 is 2.56 bits per heavy atom. The topological polar surface area (TPSA) is 167 Å². The summed E-state index contributed by atoms with van der Waals surface area (Å²) < 4.78 is 54.6. The second-order valence-electron chi connectivity index (χ2n) is 10.1. The van der Waals surface area contributed by atoms with Crippen LogP contribution in [0, 0.1) is 19.7 Å². The number of nitrogens with one attached hydrogen (secondary N) is 2. The van der Waals surface area contributed by atoms with Crippen LogP contribution in [0.15, 0.2) is 84.1 Å². The molecule has 2 aromatic carbocycles. The highest BCUT2D eigenvalue weighted by Gasteiger charge is 2.22. The molecule has 0 spiro atoms. The monoisotopic (exact) mass is 627 g/mol. The summed E-state index contributed by atoms with van der Waals surface area (Å²) in [4.78, 5) is 24.8. The Hall–Kier alpha value is -5.76. The molecule has 4 aromatic heterocycles. The van der Waals surface area contributed by atoms with E-state index in [0.717, 1.165) is 0 Å². The molecule has 4 heterocycles. The largest absolute Gasteiger partial charge is 0.481 e. The summed E-state index contributed by atoms with van der Waals surface area (Å²) in [5, 5.41) is 4.80. The van der Waals surface area contributed by atoms with Gasteiger partial charge in [0.2, 0.25) is 17.5 Å². The molecule has 0 unspecified atom stereocenters. The quantitative estimate of drug-likeness (QED) is 0.180. The van der Waals surface area contributed by atoms with E-state index in [9.17, 15) is 17.6 Å². The number of aromatic nitrogens is 5. The van der Waals surface area contributed by atoms with Gasteiger partial charge >= 0.3 is 0 Å². The van der Waals surface area contributed by atoms with Crippen molar-refractivity contribution < 1.29 is 27.1 Å². The minimum Gasteiger partial charge on any atom is -0.481 e. The number of ether oxygens (including phenoxy) is 2. The number of para-hydroxylation sites is 1. The predicted molar refractivity (Wildman–Crippen MR) is 165 cm³/mol. The number of halogens is 1. The van der Waals surface area contributed by atoms with Gasteiger partial charge in [-0.05, 0) is 61.4 Å². The number of rotatable bonds is 9. The smallest absolute Gasteiger partial charge is 0.279 e. The number of benzene rings is 2. The molecule has 0 aliphatic rings. The van der Waals surface area contributed by atoms with Crippen LogP contribution in [-0.4, -0.2) is 46.0 Å². The van der Waals surface area contributed by atoms with Crippen molar-refractivity contribution in [1.29, 1.82) is 0 Å². The maximum atomic E-state index is 14.0. The lowest BCUT2D eigenvalue weighted by Crippen LogP contribution is -2.15. The number of methoxy groups -OCH3 is 1. The number of pyridine rings is 2. The van der Waals surface area contributed by atoms with Crippen LogP contribution in [0.5, 0.6) is 17.5 Å². The molecule has 6 aromatic rings. The lowest BCUT2D eigenvalue weighted by atomic mass is 10.1. The standard InChI is InChI=1S/C31H26FN7O5S/c1-17-11-19-13-24(36-23(19)14-22(17)38-45(41,42)29-10-6-9-27(37-29)43-3)30(40)20-15-35-39(31(20)33)25-16-34-28(12-18(25)2)44-26-8-5-4-7-21(26)32/h4-16,36,38H,33H2,1-3H3. The number of nitrogen functional groups attached to an aromatic ring is 1. The van der Waals surface area contributed by atoms with Gasteiger partial charge in [-0.1, -0.05) is 18.2 Å². The first-order chi connectivity index (χ1) is 21.5. The average Bonchev–Trinajstić information content (AvgIpc) is 3.61. The molecular formula is C31H26FN7O5S. The molecule has 0 fully saturated rings. The van der Waals surface area contributed by atoms with Crippen molar-refractivity contribution in [1.82, 2.24) is 24.7 Å². The molecule has 0 saturated heterocycles. The molecule has 0 atom stereocenters. The Morgan fingerprint density at radius 1 is 1.00 bits per heavy atom. The minimum atomic E-state index is -4.02. The predicted octanol–water partition coefficient (Wildman–Crippen LogP) is 5.31. The number of fused-ring (bicyclic) bond motifs is 1. The minimum absolute atomic E-state index is 0.0376. The molecule has 12 nitrogen and oxygen atoms in total. The third-order valence-electron chi connectivity index (χ3n) is 7.03. The maximum Gasteiger partial charge on any atom is 0.279 e. The van der Waals surface area contributed by atoms with Crippen molar-refractivity contribution in [2.45, 2.75) is 18.9 Å². The molecule has 0 aliphatic heterocycles. The van der Waals surface area contributed by atoms with Crippen molar-refractivity contribution in [3.05, 3.63) is 107 Å². The molecule has 45 heavy (non-hydrogen) atoms. The summed E-state index contributed by atoms with van der Waals surface area (Å²) in [6, 6.07) is 17.1. The first kappa shape index (κ1) is 29.3. The van der Waals surface area contributed by atoms with Crippen LogP contribution < -0.4 is 19.9 Å². The molecule has 228 valence electrons. The van der Waals surface area contributed by atoms with Crippen molar-refractivity contribution >= 4 is 38.2 Å². The van der Waals surface area contributed by atoms with E-state index in [1.54, 1.807) is 56.3 Å². The third-order valence-corrected chi connectivity index (χ3v) is 8.29. The molecule has 0 radical (unpaired) electrons. The molecule has 4 N–H and O–H groups in total. The van der Waals surface area contributed by atoms with E-state index in [2.05, 4.69) is 24.8 Å². The highest BCUT2D eigenvalue weighted by molar-refractivity contribution is 7.92. The number of nitrogens with two attached hydrogens (primary N) is 1. The summed E-state index contributed by atoms with van der Waals surface area (Å²) in [7, 11) is -2.62. The van der Waals surface area contributed by atoms with Crippen molar-refractivity contribution in [3.63, 3.8) is 0 Å². The second-order valence-corrected chi connectivity index (χ2v) is 11.7. The zero-order valence-electron chi connectivity index (χ0n) is 24.2. The van der Waals surface area contributed by atoms with Crippen LogP contribution >= 0.6 is 0 Å². The molecule has 0 bridgehead atoms. The van der Waals surface area contributed by atoms with Gasteiger partial charge in [0.1, 0.15) is 5.82 Å². The Kier molecular flexibility index (Phi) is 7.42. The number of sulfonamides is 1. The number of aryl methyl sites for hydroxylation is 2. The molecule has 6 rings (SSSR count). The molecule has 0 saturated carbocycles. The van der Waals surface area contributed by atoms with Gasteiger partial charge in [-0.15, -0.1) is 0 Å². The Bertz CT molecular complexity index is 2210. The Morgan fingerprint density at radius 2 is 1.80 bits per heavy atom. The van der Waals surface area contributed by atoms with Gasteiger partial charge in [0.25, 0.3) is 10.0 Å². The lowest BCUT2D eigenvalue weighted by Gasteiger charge is -2.11. The fraction of sp³-hybridized carbons (Fsp3) is 0.0968. The third kappa shape index (κ3) is 5.65. The first-order valence-corrected chi connectivity index (χ1v) is 15.0. The molecule has 0 amide bonds. The van der Waals surface area contributed by atoms with Gasteiger partial charge in [-0.2, -0.15) is 18.5 Å². The van der Waals surface area contributed by atoms with E-state index in [1.165, 1.54) is 48.5 Å². The van der Waals surface area contributed by atoms with Crippen LogP contribution in [0.3, 0.4) is 0 Å². The van der Waals surface area contributed by atoms with E-state index in [-0.39, 0.29) is 39.6 Å². The summed E-state index contributed by atoms with van der Waals surface area (Å²) in [6.07, 6.45) is 2.83. The van der Waals surface area contributed by atoms with Gasteiger partial charge < -0.3 is 20.2 Å². The Labute approximate surface area is 256 Å². The van der Waals surface area contributed by atoms with Crippen molar-refractivity contribution in [2.24, 2.45) is 0 Å². The first-order valence-electron chi connectivity index (χ1n) is 13.5. The molecule has 14 heteroatoms. The van der Waals surface area contributed by atoms with Gasteiger partial charge in [0.05, 0.1) is 42.1 Å². The number of hydrogen-bond acceptors (Lipinski definition) is 9. The summed E-state index contributed by atoms with van der Waals surface area (Å²) in [5.74, 6) is -0.469. The SMILES string of the molecule is COc1cccc(S(=O)(=O)Nc2cc3[nH]c(C(=O)c4cnn(-c5cnc(Oc6ccccc6F)cc5C)c4N)cc3cc2C)n1. The summed E-state index contributed by atoms with van der Waals surface area (Å²) in [6.45, 7) is 3.53. The highest BCUT2D eigenvalue weighted by atomic mass is 32.2. The van der Waals surface area contributed by atoms with Gasteiger partial charge in [0.15, 0.2) is 16.6 Å². The van der Waals surface area contributed by atoms with Crippen LogP contribution in [0.2, 0.25) is 0 Å². The van der Waals surface area contributed by atoms with Gasteiger partial charge in [-0.25, -0.2) is 14.1 Å². The van der Waals surface area contributed by atoms with E-state index < -0.39 is 21.6 Å². The van der Waals surface area contributed by atoms with Crippen LogP contribution in [0.1, 0.15) is 27.2 Å². The maximum absolute atomic E-state index is 14.0. The van der Waals surface area contributed by atoms with Crippen LogP contribution in [0.25, 0.3) is 16.6 Å². The number of ketones is 1. The normalized spacial score (nSPS) is 11.5. The number of aromatic amines is 1. The lowest BCUT2D eigenvalue weighted by molar-refractivity contribution is 0.103. The van der Waals surface area contributed by atoms with Crippen LogP contribution in [0.4, 0.5) is 15.9 Å². The molecular weight excluding hydrogens is 601 g/mol. The summed E-state index contributed by atoms with van der Waals surface area (Å²) >= 11 is 0. The fourth-order valence-electron chi connectivity index (χ4n) is 4.69. The zero-order valence-corrected chi connectivity index (χ0v) is 25.0. The number of carbonyl (C=O) groups is 1. The zero-order chi connectivity index (χ0) is 31.9. The van der Waals surface area contributed by atoms with E-state index in [0.29, 0.717) is 33.4 Å². The number of hydrogen-bond donors (Lipinski definition) is 3. The van der Waals surface area contributed by atoms with Crippen molar-refractivity contribution in [3.8, 4) is 23.2 Å². The van der Waals surface area contributed by atoms with Gasteiger partial charge in [0, 0.05) is 23.0 Å². The number of H-pyrrole nitrogens is 1.